The lowest BCUT2D eigenvalue weighted by Crippen LogP contribution is -2.44. The molecule has 0 heterocycles. The molecule has 0 aliphatic heterocycles. The van der Waals surface area contributed by atoms with E-state index in [0.29, 0.717) is 5.02 Å². The van der Waals surface area contributed by atoms with Gasteiger partial charge in [-0.25, -0.2) is 4.79 Å². The normalized spacial score (nSPS) is 16.7. The van der Waals surface area contributed by atoms with E-state index in [2.05, 4.69) is 10.6 Å². The van der Waals surface area contributed by atoms with Gasteiger partial charge in [0.15, 0.2) is 0 Å². The molecule has 1 aromatic rings. The Morgan fingerprint density at radius 3 is 2.65 bits per heavy atom. The highest BCUT2D eigenvalue weighted by Gasteiger charge is 2.45. The Morgan fingerprint density at radius 2 is 2.12 bits per heavy atom. The van der Waals surface area contributed by atoms with Gasteiger partial charge in [-0.05, 0) is 44.4 Å². The van der Waals surface area contributed by atoms with Crippen molar-refractivity contribution >= 4 is 17.6 Å². The number of carbonyl (C=O) groups is 1. The molecule has 1 aliphatic rings. The van der Waals surface area contributed by atoms with Crippen molar-refractivity contribution in [1.29, 1.82) is 0 Å². The summed E-state index contributed by atoms with van der Waals surface area (Å²) in [7, 11) is 0. The molecule has 0 radical (unpaired) electrons. The average molecular weight is 253 g/mol. The van der Waals surface area contributed by atoms with Gasteiger partial charge in [0.2, 0.25) is 0 Å². The molecule has 0 atom stereocenters. The van der Waals surface area contributed by atoms with E-state index in [-0.39, 0.29) is 17.6 Å². The lowest BCUT2D eigenvalue weighted by Gasteiger charge is -2.19. The third-order valence-electron chi connectivity index (χ3n) is 2.90. The maximum absolute atomic E-state index is 11.7. The number of hydrogen-bond acceptors (Lipinski definition) is 1. The van der Waals surface area contributed by atoms with Crippen LogP contribution in [0.2, 0.25) is 5.02 Å². The van der Waals surface area contributed by atoms with Gasteiger partial charge in [-0.15, -0.1) is 0 Å². The summed E-state index contributed by atoms with van der Waals surface area (Å²) in [6.45, 7) is 3.89. The molecule has 1 fully saturated rings. The quantitative estimate of drug-likeness (QED) is 0.853. The highest BCUT2D eigenvalue weighted by molar-refractivity contribution is 6.30. The van der Waals surface area contributed by atoms with Crippen LogP contribution in [0.25, 0.3) is 0 Å². The summed E-state index contributed by atoms with van der Waals surface area (Å²) < 4.78 is 0. The number of urea groups is 1. The fourth-order valence-electron chi connectivity index (χ4n) is 1.91. The van der Waals surface area contributed by atoms with E-state index >= 15 is 0 Å². The minimum Gasteiger partial charge on any atom is -0.336 e. The number of hydrogen-bond donors (Lipinski definition) is 2. The maximum atomic E-state index is 11.7. The highest BCUT2D eigenvalue weighted by Crippen LogP contribution is 2.45. The van der Waals surface area contributed by atoms with Crippen molar-refractivity contribution in [2.45, 2.75) is 38.3 Å². The maximum Gasteiger partial charge on any atom is 0.315 e. The van der Waals surface area contributed by atoms with Gasteiger partial charge in [0.1, 0.15) is 0 Å². The van der Waals surface area contributed by atoms with Crippen LogP contribution >= 0.6 is 11.6 Å². The second kappa shape index (κ2) is 4.57. The Hall–Kier alpha value is -1.22. The molecule has 1 aromatic carbocycles. The summed E-state index contributed by atoms with van der Waals surface area (Å²) >= 11 is 5.97. The molecule has 0 saturated heterocycles. The van der Waals surface area contributed by atoms with Crippen LogP contribution in [0, 0.1) is 0 Å². The molecule has 3 nitrogen and oxygen atoms in total. The van der Waals surface area contributed by atoms with Crippen molar-refractivity contribution in [3.63, 3.8) is 0 Å². The van der Waals surface area contributed by atoms with Gasteiger partial charge in [-0.2, -0.15) is 0 Å². The van der Waals surface area contributed by atoms with Crippen LogP contribution in [0.15, 0.2) is 24.3 Å². The fraction of sp³-hybridized carbons (Fsp3) is 0.462. The molecule has 17 heavy (non-hydrogen) atoms. The Balaban J connectivity index is 2.07. The van der Waals surface area contributed by atoms with E-state index in [1.807, 2.05) is 38.1 Å². The smallest absolute Gasteiger partial charge is 0.315 e. The first kappa shape index (κ1) is 12.2. The summed E-state index contributed by atoms with van der Waals surface area (Å²) in [6, 6.07) is 7.72. The van der Waals surface area contributed by atoms with Crippen molar-refractivity contribution in [3.8, 4) is 0 Å². The largest absolute Gasteiger partial charge is 0.336 e. The topological polar surface area (TPSA) is 41.1 Å². The Morgan fingerprint density at radius 1 is 1.41 bits per heavy atom. The first-order valence-electron chi connectivity index (χ1n) is 5.86. The summed E-state index contributed by atoms with van der Waals surface area (Å²) in [5.41, 5.74) is 0.882. The van der Waals surface area contributed by atoms with E-state index in [1.54, 1.807) is 0 Å². The molecular weight excluding hydrogens is 236 g/mol. The van der Waals surface area contributed by atoms with Crippen LogP contribution < -0.4 is 10.6 Å². The van der Waals surface area contributed by atoms with Gasteiger partial charge in [0.25, 0.3) is 0 Å². The number of carbonyl (C=O) groups excluding carboxylic acids is 1. The van der Waals surface area contributed by atoms with Gasteiger partial charge in [-0.3, -0.25) is 0 Å². The number of rotatable bonds is 3. The molecule has 4 heteroatoms. The number of benzene rings is 1. The van der Waals surface area contributed by atoms with Gasteiger partial charge >= 0.3 is 6.03 Å². The van der Waals surface area contributed by atoms with Crippen LogP contribution in [0.5, 0.6) is 0 Å². The lowest BCUT2D eigenvalue weighted by molar-refractivity contribution is 0.233. The minimum absolute atomic E-state index is 0.113. The van der Waals surface area contributed by atoms with Gasteiger partial charge in [0.05, 0.1) is 5.54 Å². The van der Waals surface area contributed by atoms with Crippen LogP contribution in [-0.2, 0) is 5.54 Å². The minimum atomic E-state index is -0.204. The summed E-state index contributed by atoms with van der Waals surface area (Å²) in [6.07, 6.45) is 1.94. The SMILES string of the molecule is CC(C)NC(=O)NC1(c2cccc(Cl)c2)CC1. The molecule has 0 unspecified atom stereocenters. The molecule has 1 aliphatic carbocycles. The van der Waals surface area contributed by atoms with Crippen molar-refractivity contribution in [2.75, 3.05) is 0 Å². The predicted octanol–water partition coefficient (Wildman–Crippen LogP) is 3.04. The van der Waals surface area contributed by atoms with E-state index in [0.717, 1.165) is 18.4 Å². The molecule has 2 rings (SSSR count). The van der Waals surface area contributed by atoms with Crippen LogP contribution in [-0.4, -0.2) is 12.1 Å². The van der Waals surface area contributed by atoms with Crippen LogP contribution in [0.3, 0.4) is 0 Å². The Kier molecular flexibility index (Phi) is 3.29. The molecule has 1 saturated carbocycles. The third-order valence-corrected chi connectivity index (χ3v) is 3.13. The second-order valence-electron chi connectivity index (χ2n) is 4.85. The summed E-state index contributed by atoms with van der Waals surface area (Å²) in [5.74, 6) is 0. The number of amides is 2. The number of halogens is 1. The monoisotopic (exact) mass is 252 g/mol. The van der Waals surface area contributed by atoms with Crippen molar-refractivity contribution in [1.82, 2.24) is 10.6 Å². The predicted molar refractivity (Wildman–Crippen MR) is 69.2 cm³/mol. The van der Waals surface area contributed by atoms with Gasteiger partial charge in [0, 0.05) is 11.1 Å². The molecule has 0 aromatic heterocycles. The highest BCUT2D eigenvalue weighted by atomic mass is 35.5. The van der Waals surface area contributed by atoms with E-state index in [1.165, 1.54) is 0 Å². The third kappa shape index (κ3) is 2.91. The standard InChI is InChI=1S/C13H17ClN2O/c1-9(2)15-12(17)16-13(6-7-13)10-4-3-5-11(14)8-10/h3-5,8-9H,6-7H2,1-2H3,(H2,15,16,17). The molecule has 2 N–H and O–H groups in total. The fourth-order valence-corrected chi connectivity index (χ4v) is 2.10. The molecule has 2 amide bonds. The molecular formula is C13H17ClN2O. The summed E-state index contributed by atoms with van der Waals surface area (Å²) in [4.78, 5) is 11.7. The summed E-state index contributed by atoms with van der Waals surface area (Å²) in [5, 5.41) is 6.58. The number of nitrogens with one attached hydrogen (secondary N) is 2. The van der Waals surface area contributed by atoms with Crippen LogP contribution in [0.1, 0.15) is 32.3 Å². The molecule has 0 spiro atoms. The van der Waals surface area contributed by atoms with Crippen molar-refractivity contribution in [2.24, 2.45) is 0 Å². The van der Waals surface area contributed by atoms with E-state index < -0.39 is 0 Å². The van der Waals surface area contributed by atoms with E-state index in [9.17, 15) is 4.79 Å². The first-order chi connectivity index (χ1) is 8.02. The van der Waals surface area contributed by atoms with Gasteiger partial charge < -0.3 is 10.6 Å². The lowest BCUT2D eigenvalue weighted by atomic mass is 10.1. The Labute approximate surface area is 107 Å². The van der Waals surface area contributed by atoms with Crippen molar-refractivity contribution in [3.05, 3.63) is 34.9 Å². The van der Waals surface area contributed by atoms with E-state index in [4.69, 9.17) is 11.6 Å². The van der Waals surface area contributed by atoms with Crippen molar-refractivity contribution < 1.29 is 4.79 Å². The first-order valence-corrected chi connectivity index (χ1v) is 6.24. The molecule has 0 bridgehead atoms. The zero-order valence-corrected chi connectivity index (χ0v) is 10.8. The Bertz CT molecular complexity index is 427. The second-order valence-corrected chi connectivity index (χ2v) is 5.28. The zero-order valence-electron chi connectivity index (χ0n) is 10.1. The zero-order chi connectivity index (χ0) is 12.5. The van der Waals surface area contributed by atoms with Gasteiger partial charge in [-0.1, -0.05) is 23.7 Å². The average Bonchev–Trinajstić information content (AvgIpc) is 2.97. The van der Waals surface area contributed by atoms with Crippen LogP contribution in [0.4, 0.5) is 4.79 Å². The molecule has 92 valence electrons.